The molecule has 0 aliphatic carbocycles. The van der Waals surface area contributed by atoms with E-state index in [1.165, 1.54) is 11.3 Å². The summed E-state index contributed by atoms with van der Waals surface area (Å²) in [6, 6.07) is 10.2. The molecule has 3 aromatic rings. The highest BCUT2D eigenvalue weighted by molar-refractivity contribution is 6.30. The molecule has 162 valence electrons. The minimum Gasteiger partial charge on any atom is -1.00 e. The topological polar surface area (TPSA) is 63.2 Å². The third-order valence-electron chi connectivity index (χ3n) is 5.57. The first-order chi connectivity index (χ1) is 14.2. The summed E-state index contributed by atoms with van der Waals surface area (Å²) < 4.78 is 7.35. The number of halogens is 2. The van der Waals surface area contributed by atoms with Crippen molar-refractivity contribution in [2.24, 2.45) is 0 Å². The number of hydrogen-bond acceptors (Lipinski definition) is 6. The van der Waals surface area contributed by atoms with E-state index in [9.17, 15) is 0 Å². The monoisotopic (exact) mass is 449 g/mol. The minimum absolute atomic E-state index is 0. The van der Waals surface area contributed by atoms with Crippen LogP contribution in [0.2, 0.25) is 5.02 Å². The van der Waals surface area contributed by atoms with Crippen LogP contribution < -0.4 is 17.3 Å². The van der Waals surface area contributed by atoms with E-state index in [4.69, 9.17) is 16.0 Å². The molecule has 1 aromatic carbocycles. The number of tetrazole rings is 1. The van der Waals surface area contributed by atoms with E-state index in [-0.39, 0.29) is 18.4 Å². The number of rotatable bonds is 7. The number of aryl methyl sites for hydroxylation is 1. The predicted molar refractivity (Wildman–Crippen MR) is 113 cm³/mol. The van der Waals surface area contributed by atoms with Gasteiger partial charge in [0.1, 0.15) is 12.3 Å². The van der Waals surface area contributed by atoms with Gasteiger partial charge in [0.25, 0.3) is 0 Å². The zero-order valence-electron chi connectivity index (χ0n) is 17.3. The lowest BCUT2D eigenvalue weighted by Crippen LogP contribution is -3.00. The molecule has 0 bridgehead atoms. The number of furan rings is 1. The summed E-state index contributed by atoms with van der Waals surface area (Å²) in [6.45, 7) is 8.74. The van der Waals surface area contributed by atoms with Gasteiger partial charge in [-0.1, -0.05) is 31.0 Å². The number of anilines is 1. The van der Waals surface area contributed by atoms with Crippen molar-refractivity contribution >= 4 is 17.3 Å². The molecule has 1 atom stereocenters. The molecule has 3 heterocycles. The highest BCUT2D eigenvalue weighted by atomic mass is 35.5. The Balaban J connectivity index is 0.00000256. The van der Waals surface area contributed by atoms with Crippen molar-refractivity contribution in [2.45, 2.75) is 39.3 Å². The van der Waals surface area contributed by atoms with E-state index in [1.807, 2.05) is 22.9 Å². The molecule has 1 fully saturated rings. The number of nitrogens with zero attached hydrogens (tertiary/aromatic N) is 6. The number of piperazine rings is 1. The van der Waals surface area contributed by atoms with Gasteiger partial charge in [0.2, 0.25) is 0 Å². The molecule has 1 aliphatic heterocycles. The highest BCUT2D eigenvalue weighted by Gasteiger charge is 2.29. The Labute approximate surface area is 188 Å². The fraction of sp³-hybridized carbons (Fsp3) is 0.476. The molecule has 30 heavy (non-hydrogen) atoms. The Hall–Kier alpha value is -2.09. The Morgan fingerprint density at radius 1 is 1.17 bits per heavy atom. The average molecular weight is 450 g/mol. The fourth-order valence-corrected chi connectivity index (χ4v) is 4.23. The minimum atomic E-state index is 0. The summed E-state index contributed by atoms with van der Waals surface area (Å²) in [5.41, 5.74) is 2.49. The molecule has 0 saturated carbocycles. The molecule has 2 aromatic heterocycles. The smallest absolute Gasteiger partial charge is 0.168 e. The van der Waals surface area contributed by atoms with Crippen LogP contribution in [0.5, 0.6) is 0 Å². The fourth-order valence-electron chi connectivity index (χ4n) is 4.06. The van der Waals surface area contributed by atoms with E-state index in [0.717, 1.165) is 55.6 Å². The molecular formula is C21H27Cl2N6O-. The van der Waals surface area contributed by atoms with Crippen molar-refractivity contribution in [1.29, 1.82) is 0 Å². The van der Waals surface area contributed by atoms with Gasteiger partial charge in [-0.25, -0.2) is 4.68 Å². The highest BCUT2D eigenvalue weighted by Crippen LogP contribution is 2.29. The van der Waals surface area contributed by atoms with Crippen LogP contribution >= 0.6 is 11.6 Å². The van der Waals surface area contributed by atoms with Crippen LogP contribution in [0.25, 0.3) is 0 Å². The first-order valence-electron chi connectivity index (χ1n) is 10.2. The van der Waals surface area contributed by atoms with Crippen molar-refractivity contribution in [1.82, 2.24) is 25.1 Å². The van der Waals surface area contributed by atoms with Gasteiger partial charge in [-0.3, -0.25) is 4.90 Å². The van der Waals surface area contributed by atoms with Crippen molar-refractivity contribution in [3.63, 3.8) is 0 Å². The first-order valence-corrected chi connectivity index (χ1v) is 10.6. The van der Waals surface area contributed by atoms with Crippen LogP contribution in [0.3, 0.4) is 0 Å². The number of hydrogen-bond donors (Lipinski definition) is 0. The molecule has 0 amide bonds. The van der Waals surface area contributed by atoms with E-state index in [0.29, 0.717) is 6.54 Å². The second kappa shape index (κ2) is 10.3. The first kappa shape index (κ1) is 22.6. The number of aromatic nitrogens is 4. The molecule has 1 saturated heterocycles. The lowest BCUT2D eigenvalue weighted by Gasteiger charge is -2.40. The van der Waals surface area contributed by atoms with Crippen LogP contribution in [-0.2, 0) is 6.54 Å². The zero-order chi connectivity index (χ0) is 20.2. The molecule has 1 unspecified atom stereocenters. The van der Waals surface area contributed by atoms with Gasteiger partial charge in [-0.05, 0) is 53.6 Å². The molecule has 0 radical (unpaired) electrons. The average Bonchev–Trinajstić information content (AvgIpc) is 3.41. The summed E-state index contributed by atoms with van der Waals surface area (Å²) in [4.78, 5) is 4.93. The normalized spacial score (nSPS) is 15.8. The van der Waals surface area contributed by atoms with E-state index in [2.05, 4.69) is 51.3 Å². The van der Waals surface area contributed by atoms with Crippen molar-refractivity contribution in [3.8, 4) is 0 Å². The van der Waals surface area contributed by atoms with Gasteiger partial charge in [0.05, 0.1) is 12.3 Å². The zero-order valence-corrected chi connectivity index (χ0v) is 18.9. The van der Waals surface area contributed by atoms with Crippen molar-refractivity contribution in [2.75, 3.05) is 31.1 Å². The molecule has 0 spiro atoms. The molecule has 9 heteroatoms. The van der Waals surface area contributed by atoms with Crippen LogP contribution in [0.4, 0.5) is 5.69 Å². The molecule has 1 aliphatic rings. The van der Waals surface area contributed by atoms with Crippen molar-refractivity contribution < 1.29 is 16.8 Å². The van der Waals surface area contributed by atoms with E-state index < -0.39 is 0 Å². The lowest BCUT2D eigenvalue weighted by atomic mass is 10.1. The third kappa shape index (κ3) is 4.96. The van der Waals surface area contributed by atoms with Crippen LogP contribution in [0, 0.1) is 6.92 Å². The van der Waals surface area contributed by atoms with E-state index >= 15 is 0 Å². The third-order valence-corrected chi connectivity index (χ3v) is 5.81. The Morgan fingerprint density at radius 2 is 1.97 bits per heavy atom. The summed E-state index contributed by atoms with van der Waals surface area (Å²) in [6.07, 6.45) is 3.78. The van der Waals surface area contributed by atoms with Crippen LogP contribution in [0.15, 0.2) is 41.0 Å². The van der Waals surface area contributed by atoms with E-state index in [1.54, 1.807) is 6.26 Å². The maximum absolute atomic E-state index is 6.23. The van der Waals surface area contributed by atoms with Gasteiger partial charge in [-0.2, -0.15) is 0 Å². The summed E-state index contributed by atoms with van der Waals surface area (Å²) in [5, 5.41) is 13.3. The predicted octanol–water partition coefficient (Wildman–Crippen LogP) is 0.944. The Morgan fingerprint density at radius 3 is 2.67 bits per heavy atom. The summed E-state index contributed by atoms with van der Waals surface area (Å²) >= 11 is 6.23. The quantitative estimate of drug-likeness (QED) is 0.534. The Kier molecular flexibility index (Phi) is 7.75. The van der Waals surface area contributed by atoms with Crippen LogP contribution in [0.1, 0.15) is 43.0 Å². The maximum Gasteiger partial charge on any atom is 0.168 e. The molecule has 7 nitrogen and oxygen atoms in total. The van der Waals surface area contributed by atoms with Crippen LogP contribution in [-0.4, -0.2) is 51.3 Å². The van der Waals surface area contributed by atoms with Gasteiger partial charge in [0.15, 0.2) is 5.82 Å². The SMILES string of the molecule is CCCC(c1nnnn1Cc1ccco1)N1CCN(c2cc(Cl)ccc2C)CC1.[Cl-]. The number of benzene rings is 1. The molecular weight excluding hydrogens is 423 g/mol. The van der Waals surface area contributed by atoms with Crippen molar-refractivity contribution in [3.05, 3.63) is 58.8 Å². The molecule has 4 rings (SSSR count). The van der Waals surface area contributed by atoms with Gasteiger partial charge >= 0.3 is 0 Å². The Bertz CT molecular complexity index is 921. The molecule has 0 N–H and O–H groups in total. The largest absolute Gasteiger partial charge is 1.00 e. The maximum atomic E-state index is 6.23. The lowest BCUT2D eigenvalue weighted by molar-refractivity contribution is -0.00000662. The summed E-state index contributed by atoms with van der Waals surface area (Å²) in [5.74, 6) is 1.77. The standard InChI is InChI=1S/C21H27ClN6O.ClH/c1-3-5-19(21-23-24-25-28(21)15-18-6-4-13-29-18)26-9-11-27(12-10-26)20-14-17(22)8-7-16(20)2;/h4,6-8,13-14,19H,3,5,9-12,15H2,1-2H3;1H/p-1. The second-order valence-corrected chi connectivity index (χ2v) is 7.97. The second-order valence-electron chi connectivity index (χ2n) is 7.53. The van der Waals surface area contributed by atoms with Gasteiger partial charge < -0.3 is 21.7 Å². The van der Waals surface area contributed by atoms with Gasteiger partial charge in [0, 0.05) is 36.9 Å². The summed E-state index contributed by atoms with van der Waals surface area (Å²) in [7, 11) is 0. The van der Waals surface area contributed by atoms with Gasteiger partial charge in [-0.15, -0.1) is 5.10 Å².